The Hall–Kier alpha value is -3.21. The SMILES string of the molecule is COc1ccc(N(CC(=O)N/N=C/c2ccc(OC3CSC3)cc2)S(=O)(=O)c2ccccc2)cc1Cl. The van der Waals surface area contributed by atoms with Crippen LogP contribution in [0.5, 0.6) is 11.5 Å². The molecule has 1 fully saturated rings. The number of methoxy groups -OCH3 is 1. The summed E-state index contributed by atoms with van der Waals surface area (Å²) >= 11 is 8.07. The molecule has 0 aliphatic carbocycles. The van der Waals surface area contributed by atoms with Crippen molar-refractivity contribution in [3.8, 4) is 11.5 Å². The van der Waals surface area contributed by atoms with Crippen LogP contribution >= 0.6 is 23.4 Å². The topological polar surface area (TPSA) is 97.3 Å². The highest BCUT2D eigenvalue weighted by molar-refractivity contribution is 8.00. The first kappa shape index (κ1) is 25.9. The largest absolute Gasteiger partial charge is 0.495 e. The van der Waals surface area contributed by atoms with Gasteiger partial charge in [0, 0.05) is 11.5 Å². The van der Waals surface area contributed by atoms with Gasteiger partial charge in [-0.05, 0) is 60.2 Å². The summed E-state index contributed by atoms with van der Waals surface area (Å²) in [6.07, 6.45) is 1.73. The molecule has 1 saturated heterocycles. The third kappa shape index (κ3) is 6.31. The van der Waals surface area contributed by atoms with E-state index >= 15 is 0 Å². The monoisotopic (exact) mass is 545 g/mol. The van der Waals surface area contributed by atoms with Gasteiger partial charge in [0.25, 0.3) is 15.9 Å². The minimum atomic E-state index is -4.07. The Bertz CT molecular complexity index is 1330. The second-order valence-corrected chi connectivity index (χ2v) is 11.1. The third-order valence-corrected chi connectivity index (χ3v) is 8.53. The highest BCUT2D eigenvalue weighted by atomic mass is 35.5. The summed E-state index contributed by atoms with van der Waals surface area (Å²) in [5.41, 5.74) is 3.35. The molecule has 36 heavy (non-hydrogen) atoms. The predicted octanol–water partition coefficient (Wildman–Crippen LogP) is 4.19. The highest BCUT2D eigenvalue weighted by Gasteiger charge is 2.27. The van der Waals surface area contributed by atoms with Crippen LogP contribution in [0.15, 0.2) is 82.8 Å². The van der Waals surface area contributed by atoms with E-state index in [9.17, 15) is 13.2 Å². The number of benzene rings is 3. The van der Waals surface area contributed by atoms with Crippen LogP contribution in [-0.4, -0.2) is 51.8 Å². The summed E-state index contributed by atoms with van der Waals surface area (Å²) in [7, 11) is -2.61. The molecule has 3 aromatic rings. The van der Waals surface area contributed by atoms with E-state index in [0.29, 0.717) is 5.75 Å². The van der Waals surface area contributed by atoms with Crippen molar-refractivity contribution in [3.05, 3.63) is 83.4 Å². The molecule has 1 amide bonds. The van der Waals surface area contributed by atoms with Crippen molar-refractivity contribution >= 4 is 51.2 Å². The van der Waals surface area contributed by atoms with Gasteiger partial charge in [0.05, 0.1) is 28.9 Å². The van der Waals surface area contributed by atoms with Crippen LogP contribution in [0.25, 0.3) is 0 Å². The van der Waals surface area contributed by atoms with Gasteiger partial charge in [-0.15, -0.1) is 0 Å². The van der Waals surface area contributed by atoms with Gasteiger partial charge < -0.3 is 9.47 Å². The van der Waals surface area contributed by atoms with E-state index in [0.717, 1.165) is 27.1 Å². The quantitative estimate of drug-likeness (QED) is 0.303. The molecule has 11 heteroatoms. The number of amides is 1. The standard InChI is InChI=1S/C25H24ClN3O5S2/c1-33-24-12-9-19(13-23(24)26)29(36(31,32)22-5-3-2-4-6-22)15-25(30)28-27-14-18-7-10-20(11-8-18)34-21-16-35-17-21/h2-14,21H,15-17H2,1H3,(H,28,30)/b27-14+. The Morgan fingerprint density at radius 2 is 1.86 bits per heavy atom. The van der Waals surface area contributed by atoms with E-state index in [1.807, 2.05) is 36.0 Å². The zero-order valence-corrected chi connectivity index (χ0v) is 21.7. The fraction of sp³-hybridized carbons (Fsp3) is 0.200. The van der Waals surface area contributed by atoms with Crippen LogP contribution in [0.4, 0.5) is 5.69 Å². The van der Waals surface area contributed by atoms with Crippen molar-refractivity contribution in [2.45, 2.75) is 11.0 Å². The van der Waals surface area contributed by atoms with E-state index in [-0.39, 0.29) is 21.7 Å². The van der Waals surface area contributed by atoms with Crippen molar-refractivity contribution < 1.29 is 22.7 Å². The number of anilines is 1. The van der Waals surface area contributed by atoms with Gasteiger partial charge in [0.1, 0.15) is 24.1 Å². The smallest absolute Gasteiger partial charge is 0.264 e. The van der Waals surface area contributed by atoms with E-state index in [1.165, 1.54) is 37.6 Å². The number of nitrogens with zero attached hydrogens (tertiary/aromatic N) is 2. The van der Waals surface area contributed by atoms with E-state index < -0.39 is 22.5 Å². The van der Waals surface area contributed by atoms with E-state index in [1.54, 1.807) is 24.3 Å². The molecule has 0 aromatic heterocycles. The third-order valence-electron chi connectivity index (χ3n) is 5.23. The molecule has 1 aliphatic heterocycles. The molecule has 188 valence electrons. The van der Waals surface area contributed by atoms with Crippen LogP contribution in [-0.2, 0) is 14.8 Å². The predicted molar refractivity (Wildman–Crippen MR) is 143 cm³/mol. The number of thioether (sulfide) groups is 1. The lowest BCUT2D eigenvalue weighted by Crippen LogP contribution is -2.39. The van der Waals surface area contributed by atoms with Gasteiger partial charge >= 0.3 is 0 Å². The maximum atomic E-state index is 13.4. The van der Waals surface area contributed by atoms with Crippen LogP contribution in [0.3, 0.4) is 0 Å². The normalized spacial score (nSPS) is 13.7. The number of nitrogens with one attached hydrogen (secondary N) is 1. The van der Waals surface area contributed by atoms with Gasteiger partial charge in [-0.3, -0.25) is 9.10 Å². The lowest BCUT2D eigenvalue weighted by atomic mass is 10.2. The molecule has 1 N–H and O–H groups in total. The fourth-order valence-electron chi connectivity index (χ4n) is 3.30. The molecule has 0 saturated carbocycles. The van der Waals surface area contributed by atoms with Gasteiger partial charge in [-0.2, -0.15) is 16.9 Å². The number of hydrogen-bond donors (Lipinski definition) is 1. The molecular weight excluding hydrogens is 522 g/mol. The summed E-state index contributed by atoms with van der Waals surface area (Å²) in [6.45, 7) is -0.511. The lowest BCUT2D eigenvalue weighted by molar-refractivity contribution is -0.119. The summed E-state index contributed by atoms with van der Waals surface area (Å²) in [5.74, 6) is 2.53. The summed E-state index contributed by atoms with van der Waals surface area (Å²) in [6, 6.07) is 19.7. The van der Waals surface area contributed by atoms with Gasteiger partial charge in [0.2, 0.25) is 0 Å². The summed E-state index contributed by atoms with van der Waals surface area (Å²) in [4.78, 5) is 12.7. The van der Waals surface area contributed by atoms with E-state index in [2.05, 4.69) is 10.5 Å². The first-order valence-electron chi connectivity index (χ1n) is 10.9. The van der Waals surface area contributed by atoms with Crippen molar-refractivity contribution in [1.82, 2.24) is 5.43 Å². The Kier molecular flexibility index (Phi) is 8.40. The maximum Gasteiger partial charge on any atom is 0.264 e. The van der Waals surface area contributed by atoms with Crippen molar-refractivity contribution in [2.75, 3.05) is 29.5 Å². The number of carbonyl (C=O) groups is 1. The molecule has 0 atom stereocenters. The summed E-state index contributed by atoms with van der Waals surface area (Å²) in [5, 5.41) is 4.18. The Morgan fingerprint density at radius 1 is 1.14 bits per heavy atom. The van der Waals surface area contributed by atoms with Crippen molar-refractivity contribution in [3.63, 3.8) is 0 Å². The molecule has 0 radical (unpaired) electrons. The Labute approximate surface area is 219 Å². The summed E-state index contributed by atoms with van der Waals surface area (Å²) < 4.78 is 38.7. The molecule has 0 unspecified atom stereocenters. The lowest BCUT2D eigenvalue weighted by Gasteiger charge is -2.25. The molecule has 3 aromatic carbocycles. The molecule has 0 spiro atoms. The molecule has 4 rings (SSSR count). The van der Waals surface area contributed by atoms with Crippen LogP contribution < -0.4 is 19.2 Å². The molecular formula is C25H24ClN3O5S2. The second-order valence-electron chi connectivity index (χ2n) is 7.78. The molecule has 1 heterocycles. The zero-order chi connectivity index (χ0) is 25.5. The van der Waals surface area contributed by atoms with Crippen molar-refractivity contribution in [2.24, 2.45) is 5.10 Å². The minimum absolute atomic E-state index is 0.0380. The number of rotatable bonds is 10. The Morgan fingerprint density at radius 3 is 2.47 bits per heavy atom. The minimum Gasteiger partial charge on any atom is -0.495 e. The van der Waals surface area contributed by atoms with E-state index in [4.69, 9.17) is 21.1 Å². The number of hydrazone groups is 1. The number of hydrogen-bond acceptors (Lipinski definition) is 7. The zero-order valence-electron chi connectivity index (χ0n) is 19.3. The molecule has 0 bridgehead atoms. The van der Waals surface area contributed by atoms with Crippen LogP contribution in [0.2, 0.25) is 5.02 Å². The van der Waals surface area contributed by atoms with Gasteiger partial charge in [0.15, 0.2) is 0 Å². The number of ether oxygens (including phenoxy) is 2. The number of halogens is 1. The van der Waals surface area contributed by atoms with Crippen LogP contribution in [0, 0.1) is 0 Å². The molecule has 8 nitrogen and oxygen atoms in total. The number of carbonyl (C=O) groups excluding carboxylic acids is 1. The first-order valence-corrected chi connectivity index (χ1v) is 13.9. The first-order chi connectivity index (χ1) is 17.4. The van der Waals surface area contributed by atoms with Crippen molar-refractivity contribution in [1.29, 1.82) is 0 Å². The number of sulfonamides is 1. The maximum absolute atomic E-state index is 13.4. The average Bonchev–Trinajstić information content (AvgIpc) is 2.86. The average molecular weight is 546 g/mol. The van der Waals surface area contributed by atoms with Gasteiger partial charge in [-0.25, -0.2) is 13.8 Å². The second kappa shape index (κ2) is 11.7. The fourth-order valence-corrected chi connectivity index (χ4v) is 5.55. The highest BCUT2D eigenvalue weighted by Crippen LogP contribution is 2.32. The van der Waals surface area contributed by atoms with Crippen LogP contribution in [0.1, 0.15) is 5.56 Å². The molecule has 1 aliphatic rings. The van der Waals surface area contributed by atoms with Gasteiger partial charge in [-0.1, -0.05) is 29.8 Å². The Balaban J connectivity index is 1.47.